The van der Waals surface area contributed by atoms with Crippen LogP contribution in [0.1, 0.15) is 6.42 Å². The third-order valence-corrected chi connectivity index (χ3v) is 2.27. The maximum Gasteiger partial charge on any atom is 0.200 e. The summed E-state index contributed by atoms with van der Waals surface area (Å²) >= 11 is 0. The zero-order chi connectivity index (χ0) is 12.1. The highest BCUT2D eigenvalue weighted by atomic mass is 16.5. The van der Waals surface area contributed by atoms with Crippen LogP contribution in [0.3, 0.4) is 0 Å². The number of anilines is 1. The van der Waals surface area contributed by atoms with Crippen molar-refractivity contribution in [3.63, 3.8) is 0 Å². The summed E-state index contributed by atoms with van der Waals surface area (Å²) in [6.07, 6.45) is 0.809. The van der Waals surface area contributed by atoms with Crippen molar-refractivity contribution < 1.29 is 4.74 Å². The molecule has 8 heteroatoms. The molecule has 0 bridgehead atoms. The van der Waals surface area contributed by atoms with E-state index in [0.717, 1.165) is 18.8 Å². The van der Waals surface area contributed by atoms with E-state index in [0.29, 0.717) is 12.3 Å². The maximum absolute atomic E-state index is 5.80. The minimum atomic E-state index is 0.0317. The number of rotatable bonds is 6. The molecule has 0 aliphatic rings. The molecule has 0 saturated carbocycles. The van der Waals surface area contributed by atoms with Crippen LogP contribution in [-0.2, 0) is 4.74 Å². The fourth-order valence-corrected chi connectivity index (χ4v) is 1.43. The molecule has 0 aromatic carbocycles. The number of methoxy groups -OCH3 is 1. The molecule has 2 heterocycles. The minimum absolute atomic E-state index is 0.0317. The lowest BCUT2D eigenvalue weighted by atomic mass is 10.2. The van der Waals surface area contributed by atoms with Gasteiger partial charge < -0.3 is 15.8 Å². The predicted molar refractivity (Wildman–Crippen MR) is 61.5 cm³/mol. The predicted octanol–water partition coefficient (Wildman–Crippen LogP) is -0.705. The topological polar surface area (TPSA) is 103 Å². The van der Waals surface area contributed by atoms with Crippen LogP contribution in [0, 0.1) is 0 Å². The summed E-state index contributed by atoms with van der Waals surface area (Å²) in [6, 6.07) is 3.65. The minimum Gasteiger partial charge on any atom is -0.383 e. The largest absolute Gasteiger partial charge is 0.383 e. The summed E-state index contributed by atoms with van der Waals surface area (Å²) in [6.45, 7) is 1.28. The molecular formula is C9H15N7O. The van der Waals surface area contributed by atoms with Crippen molar-refractivity contribution in [2.45, 2.75) is 12.5 Å². The van der Waals surface area contributed by atoms with Crippen LogP contribution in [-0.4, -0.2) is 51.6 Å². The standard InChI is InChI=1S/C9H15N7O/c1-17-6-7(10)4-5-11-8-2-3-9-12-14-15-16(9)13-8/h2-3,7H,4-6,10H2,1H3,(H,11,13). The third-order valence-electron chi connectivity index (χ3n) is 2.27. The van der Waals surface area contributed by atoms with Crippen molar-refractivity contribution in [1.29, 1.82) is 0 Å². The Morgan fingerprint density at radius 3 is 3.24 bits per heavy atom. The molecule has 92 valence electrons. The zero-order valence-electron chi connectivity index (χ0n) is 9.58. The number of aromatic nitrogens is 5. The molecule has 0 fully saturated rings. The zero-order valence-corrected chi connectivity index (χ0v) is 9.58. The van der Waals surface area contributed by atoms with E-state index in [1.54, 1.807) is 13.2 Å². The Bertz CT molecular complexity index is 471. The molecule has 2 rings (SSSR count). The first kappa shape index (κ1) is 11.7. The first-order valence-corrected chi connectivity index (χ1v) is 5.33. The number of nitrogens with two attached hydrogens (primary N) is 1. The smallest absolute Gasteiger partial charge is 0.200 e. The van der Waals surface area contributed by atoms with Gasteiger partial charge in [-0.3, -0.25) is 0 Å². The summed E-state index contributed by atoms with van der Waals surface area (Å²) in [5.74, 6) is 0.717. The summed E-state index contributed by atoms with van der Waals surface area (Å²) in [5.41, 5.74) is 6.42. The molecule has 2 aromatic rings. The second kappa shape index (κ2) is 5.51. The van der Waals surface area contributed by atoms with Crippen molar-refractivity contribution in [2.75, 3.05) is 25.6 Å². The number of nitrogens with one attached hydrogen (secondary N) is 1. The fourth-order valence-electron chi connectivity index (χ4n) is 1.43. The maximum atomic E-state index is 5.80. The highest BCUT2D eigenvalue weighted by Crippen LogP contribution is 2.03. The van der Waals surface area contributed by atoms with Crippen molar-refractivity contribution in [3.05, 3.63) is 12.1 Å². The van der Waals surface area contributed by atoms with Gasteiger partial charge in [-0.15, -0.1) is 14.8 Å². The van der Waals surface area contributed by atoms with Crippen LogP contribution in [0.4, 0.5) is 5.82 Å². The SMILES string of the molecule is COCC(N)CCNc1ccc2nnnn2n1. The fraction of sp³-hybridized carbons (Fsp3) is 0.556. The molecule has 3 N–H and O–H groups in total. The van der Waals surface area contributed by atoms with Gasteiger partial charge in [0.25, 0.3) is 0 Å². The second-order valence-corrected chi connectivity index (χ2v) is 3.68. The van der Waals surface area contributed by atoms with Gasteiger partial charge in [0.15, 0.2) is 5.65 Å². The lowest BCUT2D eigenvalue weighted by Crippen LogP contribution is -2.28. The molecule has 0 amide bonds. The van der Waals surface area contributed by atoms with Crippen molar-refractivity contribution in [1.82, 2.24) is 25.3 Å². The number of nitrogens with zero attached hydrogens (tertiary/aromatic N) is 5. The number of ether oxygens (including phenoxy) is 1. The van der Waals surface area contributed by atoms with Crippen molar-refractivity contribution in [2.24, 2.45) is 5.73 Å². The monoisotopic (exact) mass is 237 g/mol. The highest BCUT2D eigenvalue weighted by Gasteiger charge is 2.03. The summed E-state index contributed by atoms with van der Waals surface area (Å²) in [5, 5.41) is 18.3. The molecule has 0 spiro atoms. The average molecular weight is 237 g/mol. The average Bonchev–Trinajstić information content (AvgIpc) is 2.76. The van der Waals surface area contributed by atoms with Crippen LogP contribution < -0.4 is 11.1 Å². The first-order chi connectivity index (χ1) is 8.29. The van der Waals surface area contributed by atoms with Crippen LogP contribution in [0.2, 0.25) is 0 Å². The Morgan fingerprint density at radius 1 is 1.53 bits per heavy atom. The Morgan fingerprint density at radius 2 is 2.41 bits per heavy atom. The van der Waals surface area contributed by atoms with E-state index in [2.05, 4.69) is 25.9 Å². The number of hydrogen-bond acceptors (Lipinski definition) is 7. The van der Waals surface area contributed by atoms with Crippen LogP contribution in [0.5, 0.6) is 0 Å². The van der Waals surface area contributed by atoms with E-state index in [1.165, 1.54) is 4.63 Å². The van der Waals surface area contributed by atoms with Gasteiger partial charge in [-0.1, -0.05) is 0 Å². The Kier molecular flexibility index (Phi) is 3.78. The van der Waals surface area contributed by atoms with Gasteiger partial charge in [0.05, 0.1) is 6.61 Å². The summed E-state index contributed by atoms with van der Waals surface area (Å²) < 4.78 is 6.33. The second-order valence-electron chi connectivity index (χ2n) is 3.68. The highest BCUT2D eigenvalue weighted by molar-refractivity contribution is 5.41. The van der Waals surface area contributed by atoms with Gasteiger partial charge in [0.2, 0.25) is 0 Å². The molecule has 0 saturated heterocycles. The molecule has 1 atom stereocenters. The summed E-state index contributed by atoms with van der Waals surface area (Å²) in [4.78, 5) is 0. The molecule has 17 heavy (non-hydrogen) atoms. The van der Waals surface area contributed by atoms with E-state index < -0.39 is 0 Å². The van der Waals surface area contributed by atoms with E-state index in [9.17, 15) is 0 Å². The molecule has 1 unspecified atom stereocenters. The quantitative estimate of drug-likeness (QED) is 0.684. The van der Waals surface area contributed by atoms with Crippen molar-refractivity contribution in [3.8, 4) is 0 Å². The molecule has 8 nitrogen and oxygen atoms in total. The normalized spacial score (nSPS) is 12.8. The van der Waals surface area contributed by atoms with E-state index in [4.69, 9.17) is 10.5 Å². The lowest BCUT2D eigenvalue weighted by Gasteiger charge is -2.10. The number of fused-ring (bicyclic) bond motifs is 1. The van der Waals surface area contributed by atoms with E-state index in [1.807, 2.05) is 6.07 Å². The van der Waals surface area contributed by atoms with Gasteiger partial charge in [0, 0.05) is 19.7 Å². The van der Waals surface area contributed by atoms with Crippen LogP contribution in [0.15, 0.2) is 12.1 Å². The van der Waals surface area contributed by atoms with E-state index in [-0.39, 0.29) is 6.04 Å². The van der Waals surface area contributed by atoms with Crippen LogP contribution in [0.25, 0.3) is 5.65 Å². The number of tetrazole rings is 1. The van der Waals surface area contributed by atoms with Gasteiger partial charge >= 0.3 is 0 Å². The van der Waals surface area contributed by atoms with Crippen LogP contribution >= 0.6 is 0 Å². The molecule has 0 aliphatic carbocycles. The van der Waals surface area contributed by atoms with E-state index >= 15 is 0 Å². The molecule has 0 aliphatic heterocycles. The van der Waals surface area contributed by atoms with Crippen molar-refractivity contribution >= 4 is 11.5 Å². The van der Waals surface area contributed by atoms with Gasteiger partial charge in [0.1, 0.15) is 5.82 Å². The molecular weight excluding hydrogens is 222 g/mol. The van der Waals surface area contributed by atoms with Gasteiger partial charge in [-0.05, 0) is 29.0 Å². The Labute approximate surface area is 98.1 Å². The number of hydrogen-bond donors (Lipinski definition) is 2. The van der Waals surface area contributed by atoms with Gasteiger partial charge in [-0.25, -0.2) is 0 Å². The Balaban J connectivity index is 1.86. The lowest BCUT2D eigenvalue weighted by molar-refractivity contribution is 0.178. The molecule has 0 radical (unpaired) electrons. The first-order valence-electron chi connectivity index (χ1n) is 5.33. The summed E-state index contributed by atoms with van der Waals surface area (Å²) in [7, 11) is 1.64. The Hall–Kier alpha value is -1.80. The van der Waals surface area contributed by atoms with Gasteiger partial charge in [-0.2, -0.15) is 0 Å². The molecule has 2 aromatic heterocycles. The third kappa shape index (κ3) is 3.08.